The molecule has 3 aromatic rings. The SMILES string of the molecule is COc1cc(C2=C(c3ccc(O[C@H]4CCN(CCCF)C4)cc3)c3ccc(OF)cc3CCC2)ccn1. The van der Waals surface area contributed by atoms with E-state index in [0.717, 1.165) is 78.9 Å². The molecule has 2 aliphatic rings. The van der Waals surface area contributed by atoms with Crippen LogP contribution in [0.15, 0.2) is 60.8 Å². The number of halogens is 2. The highest BCUT2D eigenvalue weighted by molar-refractivity contribution is 6.00. The zero-order valence-electron chi connectivity index (χ0n) is 21.1. The van der Waals surface area contributed by atoms with E-state index in [-0.39, 0.29) is 18.5 Å². The Kier molecular flexibility index (Phi) is 7.99. The minimum absolute atomic E-state index is 0.113. The number of methoxy groups -OCH3 is 1. The van der Waals surface area contributed by atoms with Crippen molar-refractivity contribution in [2.75, 3.05) is 33.4 Å². The van der Waals surface area contributed by atoms with Gasteiger partial charge in [-0.05, 0) is 95.8 Å². The van der Waals surface area contributed by atoms with Crippen molar-refractivity contribution in [1.82, 2.24) is 9.88 Å². The largest absolute Gasteiger partial charge is 0.489 e. The molecule has 194 valence electrons. The lowest BCUT2D eigenvalue weighted by molar-refractivity contribution is -0.00629. The van der Waals surface area contributed by atoms with Crippen molar-refractivity contribution < 1.29 is 23.3 Å². The Morgan fingerprint density at radius 3 is 2.62 bits per heavy atom. The van der Waals surface area contributed by atoms with Crippen LogP contribution < -0.4 is 14.4 Å². The molecule has 1 fully saturated rings. The van der Waals surface area contributed by atoms with E-state index in [4.69, 9.17) is 9.47 Å². The molecule has 5 nitrogen and oxygen atoms in total. The summed E-state index contributed by atoms with van der Waals surface area (Å²) in [6.07, 6.45) is 6.00. The van der Waals surface area contributed by atoms with Gasteiger partial charge >= 0.3 is 0 Å². The van der Waals surface area contributed by atoms with E-state index in [9.17, 15) is 8.92 Å². The van der Waals surface area contributed by atoms with E-state index < -0.39 is 0 Å². The van der Waals surface area contributed by atoms with Gasteiger partial charge in [0.2, 0.25) is 5.88 Å². The molecule has 2 heterocycles. The fraction of sp³-hybridized carbons (Fsp3) is 0.367. The molecule has 0 unspecified atom stereocenters. The van der Waals surface area contributed by atoms with Gasteiger partial charge in [0.25, 0.3) is 0 Å². The van der Waals surface area contributed by atoms with Crippen molar-refractivity contribution in [3.8, 4) is 17.4 Å². The van der Waals surface area contributed by atoms with Gasteiger partial charge < -0.3 is 9.47 Å². The lowest BCUT2D eigenvalue weighted by Crippen LogP contribution is -2.26. The molecule has 37 heavy (non-hydrogen) atoms. The number of allylic oxidation sites excluding steroid dienone is 1. The van der Waals surface area contributed by atoms with Gasteiger partial charge in [0.05, 0.1) is 13.8 Å². The molecule has 0 radical (unpaired) electrons. The van der Waals surface area contributed by atoms with Crippen molar-refractivity contribution in [2.24, 2.45) is 0 Å². The Labute approximate surface area is 216 Å². The number of ether oxygens (including phenoxy) is 2. The third kappa shape index (κ3) is 5.77. The Morgan fingerprint density at radius 2 is 1.84 bits per heavy atom. The van der Waals surface area contributed by atoms with Crippen LogP contribution in [0.25, 0.3) is 11.1 Å². The van der Waals surface area contributed by atoms with Crippen LogP contribution in [0.4, 0.5) is 8.92 Å². The molecule has 1 aromatic heterocycles. The van der Waals surface area contributed by atoms with Gasteiger partial charge in [-0.1, -0.05) is 18.2 Å². The molecule has 1 saturated heterocycles. The van der Waals surface area contributed by atoms with Crippen LogP contribution in [0.5, 0.6) is 17.4 Å². The molecule has 2 aromatic carbocycles. The quantitative estimate of drug-likeness (QED) is 0.333. The molecule has 1 atom stereocenters. The summed E-state index contributed by atoms with van der Waals surface area (Å²) in [4.78, 5) is 10.6. The summed E-state index contributed by atoms with van der Waals surface area (Å²) in [5.41, 5.74) is 6.54. The first-order valence-corrected chi connectivity index (χ1v) is 12.9. The van der Waals surface area contributed by atoms with Crippen LogP contribution in [0.1, 0.15) is 47.9 Å². The Hall–Kier alpha value is -3.45. The third-order valence-electron chi connectivity index (χ3n) is 7.19. The summed E-state index contributed by atoms with van der Waals surface area (Å²) in [5, 5.41) is 0. The standard InChI is InChI=1S/C30H32F2N2O3/c1-35-29-19-23(12-15-33-29)27-5-2-4-22-18-25(37-32)10-11-28(22)30(27)21-6-8-24(9-7-21)36-26-13-17-34(20-26)16-3-14-31/h6-12,15,18-19,26H,2-5,13-14,16-17,20H2,1H3/t26-/m0/s1. The molecule has 0 N–H and O–H groups in total. The minimum Gasteiger partial charge on any atom is -0.489 e. The van der Waals surface area contributed by atoms with Crippen LogP contribution in [0.3, 0.4) is 0 Å². The van der Waals surface area contributed by atoms with Gasteiger partial charge in [0.1, 0.15) is 11.9 Å². The van der Waals surface area contributed by atoms with Crippen molar-refractivity contribution in [1.29, 1.82) is 0 Å². The summed E-state index contributed by atoms with van der Waals surface area (Å²) in [6.45, 7) is 2.27. The normalized spacial score (nSPS) is 17.9. The van der Waals surface area contributed by atoms with Crippen LogP contribution >= 0.6 is 0 Å². The molecule has 1 aliphatic carbocycles. The second kappa shape index (κ2) is 11.7. The molecule has 1 aliphatic heterocycles. The van der Waals surface area contributed by atoms with E-state index in [1.165, 1.54) is 5.57 Å². The zero-order valence-corrected chi connectivity index (χ0v) is 21.1. The summed E-state index contributed by atoms with van der Waals surface area (Å²) < 4.78 is 37.1. The van der Waals surface area contributed by atoms with Gasteiger partial charge in [-0.3, -0.25) is 14.2 Å². The highest BCUT2D eigenvalue weighted by Crippen LogP contribution is 2.41. The summed E-state index contributed by atoms with van der Waals surface area (Å²) in [6, 6.07) is 17.6. The van der Waals surface area contributed by atoms with E-state index >= 15 is 0 Å². The van der Waals surface area contributed by atoms with Gasteiger partial charge in [-0.25, -0.2) is 4.98 Å². The number of alkyl halides is 1. The lowest BCUT2D eigenvalue weighted by Gasteiger charge is -2.19. The maximum Gasteiger partial charge on any atom is 0.213 e. The van der Waals surface area contributed by atoms with Crippen molar-refractivity contribution in [3.63, 3.8) is 0 Å². The average Bonchev–Trinajstić information content (AvgIpc) is 3.30. The molecule has 0 amide bonds. The number of aryl methyl sites for hydroxylation is 1. The number of fused-ring (bicyclic) bond motifs is 1. The highest BCUT2D eigenvalue weighted by Gasteiger charge is 2.24. The van der Waals surface area contributed by atoms with Crippen LogP contribution in [0, 0.1) is 0 Å². The van der Waals surface area contributed by atoms with Crippen molar-refractivity contribution in [3.05, 3.63) is 83.0 Å². The van der Waals surface area contributed by atoms with E-state index in [2.05, 4.69) is 27.0 Å². The number of benzene rings is 2. The maximum atomic E-state index is 13.0. The smallest absolute Gasteiger partial charge is 0.213 e. The van der Waals surface area contributed by atoms with Crippen molar-refractivity contribution >= 4 is 11.1 Å². The number of aromatic nitrogens is 1. The number of rotatable bonds is 9. The predicted octanol–water partition coefficient (Wildman–Crippen LogP) is 6.46. The second-order valence-electron chi connectivity index (χ2n) is 9.59. The monoisotopic (exact) mass is 506 g/mol. The molecular weight excluding hydrogens is 474 g/mol. The highest BCUT2D eigenvalue weighted by atomic mass is 19.3. The Bertz CT molecular complexity index is 1250. The fourth-order valence-corrected chi connectivity index (χ4v) is 5.41. The molecule has 7 heteroatoms. The van der Waals surface area contributed by atoms with Gasteiger partial charge in [-0.15, -0.1) is 0 Å². The molecule has 0 bridgehead atoms. The summed E-state index contributed by atoms with van der Waals surface area (Å²) in [7, 11) is 1.62. The number of hydrogen-bond donors (Lipinski definition) is 0. The van der Waals surface area contributed by atoms with Crippen LogP contribution in [-0.4, -0.2) is 49.4 Å². The van der Waals surface area contributed by atoms with Gasteiger partial charge in [0, 0.05) is 36.4 Å². The molecule has 5 rings (SSSR count). The minimum atomic E-state index is -0.279. The second-order valence-corrected chi connectivity index (χ2v) is 9.59. The van der Waals surface area contributed by atoms with E-state index in [1.54, 1.807) is 25.4 Å². The Morgan fingerprint density at radius 1 is 1.00 bits per heavy atom. The zero-order chi connectivity index (χ0) is 25.6. The fourth-order valence-electron chi connectivity index (χ4n) is 5.41. The Balaban J connectivity index is 1.48. The first-order valence-electron chi connectivity index (χ1n) is 12.9. The molecule has 0 saturated carbocycles. The number of nitrogens with zero attached hydrogens (tertiary/aromatic N) is 2. The van der Waals surface area contributed by atoms with Gasteiger partial charge in [0.15, 0.2) is 5.75 Å². The third-order valence-corrected chi connectivity index (χ3v) is 7.19. The number of hydrogen-bond acceptors (Lipinski definition) is 5. The van der Waals surface area contributed by atoms with Crippen LogP contribution in [0.2, 0.25) is 0 Å². The van der Waals surface area contributed by atoms with Gasteiger partial charge in [-0.2, -0.15) is 0 Å². The van der Waals surface area contributed by atoms with E-state index in [1.807, 2.05) is 30.3 Å². The van der Waals surface area contributed by atoms with E-state index in [0.29, 0.717) is 12.3 Å². The first-order chi connectivity index (χ1) is 18.2. The summed E-state index contributed by atoms with van der Waals surface area (Å²) >= 11 is 0. The molecular formula is C30H32F2N2O3. The average molecular weight is 507 g/mol. The predicted molar refractivity (Wildman–Crippen MR) is 140 cm³/mol. The number of likely N-dealkylation sites (tertiary alicyclic amines) is 1. The molecule has 0 spiro atoms. The van der Waals surface area contributed by atoms with Crippen molar-refractivity contribution in [2.45, 2.75) is 38.2 Å². The number of pyridine rings is 1. The maximum absolute atomic E-state index is 13.0. The summed E-state index contributed by atoms with van der Waals surface area (Å²) in [5.74, 6) is 1.60. The lowest BCUT2D eigenvalue weighted by atomic mass is 9.88. The topological polar surface area (TPSA) is 43.8 Å². The van der Waals surface area contributed by atoms with Crippen LogP contribution in [-0.2, 0) is 6.42 Å². The first kappa shape index (κ1) is 25.2.